The molecule has 0 saturated heterocycles. The van der Waals surface area contributed by atoms with E-state index in [4.69, 9.17) is 10.2 Å². The van der Waals surface area contributed by atoms with Crippen LogP contribution in [0.15, 0.2) is 0 Å². The highest BCUT2D eigenvalue weighted by atomic mass is 16.4. The molecule has 0 aliphatic heterocycles. The van der Waals surface area contributed by atoms with Gasteiger partial charge < -0.3 is 15.5 Å². The zero-order valence-electron chi connectivity index (χ0n) is 7.27. The largest absolute Gasteiger partial charge is 0.481 e. The Hall–Kier alpha value is -1.59. The van der Waals surface area contributed by atoms with Crippen LogP contribution >= 0.6 is 0 Å². The van der Waals surface area contributed by atoms with Gasteiger partial charge in [-0.25, -0.2) is 4.79 Å². The smallest absolute Gasteiger partial charge is 0.327 e. The maximum absolute atomic E-state index is 10.5. The minimum Gasteiger partial charge on any atom is -0.481 e. The van der Waals surface area contributed by atoms with Crippen molar-refractivity contribution in [2.45, 2.75) is 19.9 Å². The molecule has 74 valence electrons. The van der Waals surface area contributed by atoms with Gasteiger partial charge in [-0.3, -0.25) is 9.59 Å². The van der Waals surface area contributed by atoms with E-state index in [9.17, 15) is 14.4 Å². The summed E-state index contributed by atoms with van der Waals surface area (Å²) in [6, 6.07) is -1.38. The van der Waals surface area contributed by atoms with Crippen molar-refractivity contribution in [3.05, 3.63) is 0 Å². The molecule has 0 saturated carbocycles. The van der Waals surface area contributed by atoms with Crippen molar-refractivity contribution >= 4 is 17.8 Å². The molecule has 6 heteroatoms. The van der Waals surface area contributed by atoms with Gasteiger partial charge in [-0.15, -0.1) is 0 Å². The van der Waals surface area contributed by atoms with Gasteiger partial charge in [-0.2, -0.15) is 0 Å². The molecule has 0 aliphatic rings. The molecule has 6 nitrogen and oxygen atoms in total. The average molecular weight is 189 g/mol. The SMILES string of the molecule is CC(=O)NC(C(=O)O)C(C)C(=O)O. The summed E-state index contributed by atoms with van der Waals surface area (Å²) in [6.07, 6.45) is 0. The molecule has 0 aromatic heterocycles. The van der Waals surface area contributed by atoms with E-state index in [-0.39, 0.29) is 0 Å². The van der Waals surface area contributed by atoms with Crippen molar-refractivity contribution in [2.75, 3.05) is 0 Å². The van der Waals surface area contributed by atoms with Crippen LogP contribution in [-0.4, -0.2) is 34.1 Å². The van der Waals surface area contributed by atoms with Crippen molar-refractivity contribution in [1.82, 2.24) is 5.32 Å². The first-order chi connectivity index (χ1) is 5.86. The Morgan fingerprint density at radius 3 is 1.85 bits per heavy atom. The van der Waals surface area contributed by atoms with Crippen molar-refractivity contribution in [1.29, 1.82) is 0 Å². The minimum atomic E-state index is -1.38. The van der Waals surface area contributed by atoms with Crippen LogP contribution in [0.3, 0.4) is 0 Å². The second-order valence-corrected chi connectivity index (χ2v) is 2.64. The van der Waals surface area contributed by atoms with Crippen LogP contribution in [0.5, 0.6) is 0 Å². The van der Waals surface area contributed by atoms with Crippen LogP contribution in [0.25, 0.3) is 0 Å². The maximum atomic E-state index is 10.5. The molecule has 3 N–H and O–H groups in total. The Bertz CT molecular complexity index is 237. The molecule has 0 bridgehead atoms. The van der Waals surface area contributed by atoms with Gasteiger partial charge >= 0.3 is 11.9 Å². The number of carboxylic acid groups (broad SMARTS) is 2. The monoisotopic (exact) mass is 189 g/mol. The number of carbonyl (C=O) groups excluding carboxylic acids is 1. The predicted molar refractivity (Wildman–Crippen MR) is 42.0 cm³/mol. The third-order valence-electron chi connectivity index (χ3n) is 1.51. The Balaban J connectivity index is 4.51. The molecule has 0 aliphatic carbocycles. The summed E-state index contributed by atoms with van der Waals surface area (Å²) < 4.78 is 0. The fraction of sp³-hybridized carbons (Fsp3) is 0.571. The van der Waals surface area contributed by atoms with Crippen molar-refractivity contribution in [3.8, 4) is 0 Å². The van der Waals surface area contributed by atoms with Crippen LogP contribution < -0.4 is 5.32 Å². The second-order valence-electron chi connectivity index (χ2n) is 2.64. The van der Waals surface area contributed by atoms with Crippen LogP contribution in [0.1, 0.15) is 13.8 Å². The molecule has 0 heterocycles. The van der Waals surface area contributed by atoms with Crippen LogP contribution in [0.4, 0.5) is 0 Å². The van der Waals surface area contributed by atoms with E-state index >= 15 is 0 Å². The number of hydrogen-bond donors (Lipinski definition) is 3. The van der Waals surface area contributed by atoms with E-state index in [1.165, 1.54) is 6.92 Å². The van der Waals surface area contributed by atoms with Crippen LogP contribution in [0, 0.1) is 5.92 Å². The lowest BCUT2D eigenvalue weighted by molar-refractivity contribution is -0.151. The summed E-state index contributed by atoms with van der Waals surface area (Å²) in [4.78, 5) is 31.4. The fourth-order valence-electron chi connectivity index (χ4n) is 0.762. The number of nitrogens with one attached hydrogen (secondary N) is 1. The molecule has 2 unspecified atom stereocenters. The van der Waals surface area contributed by atoms with Gasteiger partial charge in [0.05, 0.1) is 5.92 Å². The maximum Gasteiger partial charge on any atom is 0.327 e. The molecule has 0 radical (unpaired) electrons. The van der Waals surface area contributed by atoms with Gasteiger partial charge in [0.1, 0.15) is 6.04 Å². The zero-order valence-corrected chi connectivity index (χ0v) is 7.27. The van der Waals surface area contributed by atoms with Gasteiger partial charge in [0.15, 0.2) is 0 Å². The summed E-state index contributed by atoms with van der Waals surface area (Å²) >= 11 is 0. The molecule has 0 rings (SSSR count). The second kappa shape index (κ2) is 4.44. The molecule has 0 aromatic carbocycles. The zero-order chi connectivity index (χ0) is 10.6. The quantitative estimate of drug-likeness (QED) is 0.542. The van der Waals surface area contributed by atoms with E-state index < -0.39 is 29.8 Å². The first-order valence-corrected chi connectivity index (χ1v) is 3.59. The summed E-state index contributed by atoms with van der Waals surface area (Å²) in [6.45, 7) is 2.35. The molecule has 13 heavy (non-hydrogen) atoms. The highest BCUT2D eigenvalue weighted by Crippen LogP contribution is 2.03. The van der Waals surface area contributed by atoms with Gasteiger partial charge in [-0.1, -0.05) is 0 Å². The summed E-state index contributed by atoms with van der Waals surface area (Å²) in [5.41, 5.74) is 0. The highest BCUT2D eigenvalue weighted by Gasteiger charge is 2.30. The number of carbonyl (C=O) groups is 3. The molecule has 0 spiro atoms. The number of carboxylic acids is 2. The van der Waals surface area contributed by atoms with Crippen molar-refractivity contribution < 1.29 is 24.6 Å². The topological polar surface area (TPSA) is 104 Å². The van der Waals surface area contributed by atoms with Gasteiger partial charge in [0, 0.05) is 6.92 Å². The molecule has 1 amide bonds. The van der Waals surface area contributed by atoms with E-state index in [2.05, 4.69) is 0 Å². The van der Waals surface area contributed by atoms with Gasteiger partial charge in [0.2, 0.25) is 5.91 Å². The molecular formula is C7H11NO5. The summed E-state index contributed by atoms with van der Waals surface area (Å²) in [5.74, 6) is -4.34. The standard InChI is InChI=1S/C7H11NO5/c1-3(6(10)11)5(7(12)13)8-4(2)9/h3,5H,1-2H3,(H,8,9)(H,10,11)(H,12,13). The van der Waals surface area contributed by atoms with E-state index in [1.807, 2.05) is 5.32 Å². The number of hydrogen-bond acceptors (Lipinski definition) is 3. The third-order valence-corrected chi connectivity index (χ3v) is 1.51. The first kappa shape index (κ1) is 11.4. The third kappa shape index (κ3) is 3.55. The Morgan fingerprint density at radius 1 is 1.15 bits per heavy atom. The Labute approximate surface area is 74.6 Å². The van der Waals surface area contributed by atoms with E-state index in [1.54, 1.807) is 0 Å². The Kier molecular flexibility index (Phi) is 3.90. The number of rotatable bonds is 4. The first-order valence-electron chi connectivity index (χ1n) is 3.59. The van der Waals surface area contributed by atoms with Crippen molar-refractivity contribution in [3.63, 3.8) is 0 Å². The Morgan fingerprint density at radius 2 is 1.62 bits per heavy atom. The summed E-state index contributed by atoms with van der Waals surface area (Å²) in [7, 11) is 0. The summed E-state index contributed by atoms with van der Waals surface area (Å²) in [5, 5.41) is 19.1. The molecule has 2 atom stereocenters. The van der Waals surface area contributed by atoms with Crippen LogP contribution in [-0.2, 0) is 14.4 Å². The van der Waals surface area contributed by atoms with Crippen molar-refractivity contribution in [2.24, 2.45) is 5.92 Å². The van der Waals surface area contributed by atoms with E-state index in [0.717, 1.165) is 6.92 Å². The fourth-order valence-corrected chi connectivity index (χ4v) is 0.762. The normalized spacial score (nSPS) is 14.3. The predicted octanol–water partition coefficient (Wildman–Crippen LogP) is -0.704. The average Bonchev–Trinajstić information content (AvgIpc) is 1.97. The lowest BCUT2D eigenvalue weighted by atomic mass is 10.0. The lowest BCUT2D eigenvalue weighted by Crippen LogP contribution is -2.46. The van der Waals surface area contributed by atoms with Gasteiger partial charge in [-0.05, 0) is 6.92 Å². The van der Waals surface area contributed by atoms with E-state index in [0.29, 0.717) is 0 Å². The minimum absolute atomic E-state index is 0.569. The molecular weight excluding hydrogens is 178 g/mol. The van der Waals surface area contributed by atoms with Crippen LogP contribution in [0.2, 0.25) is 0 Å². The molecule has 0 fully saturated rings. The number of aliphatic carboxylic acids is 2. The lowest BCUT2D eigenvalue weighted by Gasteiger charge is -2.16. The highest BCUT2D eigenvalue weighted by molar-refractivity contribution is 5.87. The number of amides is 1. The van der Waals surface area contributed by atoms with Gasteiger partial charge in [0.25, 0.3) is 0 Å². The molecule has 0 aromatic rings.